The molecule has 0 amide bonds. The van der Waals surface area contributed by atoms with E-state index >= 15 is 0 Å². The highest BCUT2D eigenvalue weighted by Crippen LogP contribution is 2.46. The van der Waals surface area contributed by atoms with Gasteiger partial charge < -0.3 is 5.73 Å². The van der Waals surface area contributed by atoms with Crippen molar-refractivity contribution in [3.8, 4) is 11.4 Å². The molecule has 0 bridgehead atoms. The van der Waals surface area contributed by atoms with Crippen molar-refractivity contribution in [3.63, 3.8) is 0 Å². The molecule has 1 fully saturated rings. The fourth-order valence-corrected chi connectivity index (χ4v) is 1.96. The average molecular weight is 247 g/mol. The molecule has 0 unspecified atom stereocenters. The molecule has 1 aromatic heterocycles. The van der Waals surface area contributed by atoms with Gasteiger partial charge in [0.05, 0.1) is 6.54 Å². The Balaban J connectivity index is 2.01. The molecule has 0 spiro atoms. The van der Waals surface area contributed by atoms with E-state index in [0.717, 1.165) is 6.54 Å². The first-order valence-electron chi connectivity index (χ1n) is 5.89. The lowest BCUT2D eigenvalue weighted by molar-refractivity contribution is 0.427. The zero-order valence-electron chi connectivity index (χ0n) is 10.1. The van der Waals surface area contributed by atoms with Gasteiger partial charge in [0.25, 0.3) is 0 Å². The van der Waals surface area contributed by atoms with Gasteiger partial charge in [-0.1, -0.05) is 6.92 Å². The Kier molecular flexibility index (Phi) is 2.33. The number of benzene rings is 1. The van der Waals surface area contributed by atoms with Crippen LogP contribution < -0.4 is 5.73 Å². The SMILES string of the molecule is CC1(Cn2nnnc2-c2cc(F)ccc2N)CC1. The van der Waals surface area contributed by atoms with Gasteiger partial charge in [0.2, 0.25) is 0 Å². The second-order valence-corrected chi connectivity index (χ2v) is 5.20. The number of halogens is 1. The normalized spacial score (nSPS) is 16.8. The number of aromatic nitrogens is 4. The molecule has 1 aliphatic rings. The van der Waals surface area contributed by atoms with Crippen molar-refractivity contribution in [2.75, 3.05) is 5.73 Å². The van der Waals surface area contributed by atoms with Gasteiger partial charge in [0.15, 0.2) is 5.82 Å². The molecule has 0 radical (unpaired) electrons. The van der Waals surface area contributed by atoms with Gasteiger partial charge in [-0.2, -0.15) is 0 Å². The van der Waals surface area contributed by atoms with Crippen LogP contribution in [-0.2, 0) is 6.54 Å². The lowest BCUT2D eigenvalue weighted by Gasteiger charge is -2.10. The summed E-state index contributed by atoms with van der Waals surface area (Å²) in [7, 11) is 0. The first kappa shape index (κ1) is 11.1. The Morgan fingerprint density at radius 1 is 1.44 bits per heavy atom. The van der Waals surface area contributed by atoms with Crippen molar-refractivity contribution in [1.29, 1.82) is 0 Å². The summed E-state index contributed by atoms with van der Waals surface area (Å²) < 4.78 is 15.0. The van der Waals surface area contributed by atoms with E-state index in [0.29, 0.717) is 17.1 Å². The van der Waals surface area contributed by atoms with Gasteiger partial charge in [-0.25, -0.2) is 9.07 Å². The molecule has 1 aliphatic carbocycles. The Morgan fingerprint density at radius 3 is 2.94 bits per heavy atom. The van der Waals surface area contributed by atoms with E-state index < -0.39 is 0 Å². The number of hydrogen-bond donors (Lipinski definition) is 1. The predicted octanol–water partition coefficient (Wildman–Crippen LogP) is 1.86. The molecule has 1 heterocycles. The number of nitrogens with two attached hydrogens (primary N) is 1. The van der Waals surface area contributed by atoms with E-state index in [2.05, 4.69) is 22.4 Å². The topological polar surface area (TPSA) is 69.6 Å². The summed E-state index contributed by atoms with van der Waals surface area (Å²) in [5.41, 5.74) is 7.15. The van der Waals surface area contributed by atoms with Crippen LogP contribution in [0.2, 0.25) is 0 Å². The number of anilines is 1. The number of hydrogen-bond acceptors (Lipinski definition) is 4. The van der Waals surface area contributed by atoms with Crippen LogP contribution in [0.1, 0.15) is 19.8 Å². The molecule has 2 aromatic rings. The van der Waals surface area contributed by atoms with Crippen molar-refractivity contribution in [2.24, 2.45) is 5.41 Å². The molecule has 0 atom stereocenters. The second-order valence-electron chi connectivity index (χ2n) is 5.20. The lowest BCUT2D eigenvalue weighted by Crippen LogP contribution is -2.11. The molecular formula is C12H14FN5. The van der Waals surface area contributed by atoms with Crippen molar-refractivity contribution < 1.29 is 4.39 Å². The Hall–Kier alpha value is -1.98. The van der Waals surface area contributed by atoms with Crippen LogP contribution in [0.4, 0.5) is 10.1 Å². The minimum atomic E-state index is -0.341. The molecule has 1 aromatic carbocycles. The van der Waals surface area contributed by atoms with Gasteiger partial charge in [-0.05, 0) is 46.9 Å². The summed E-state index contributed by atoms with van der Waals surface area (Å²) in [6, 6.07) is 4.23. The van der Waals surface area contributed by atoms with E-state index in [1.165, 1.54) is 31.0 Å². The molecular weight excluding hydrogens is 233 g/mol. The number of nitrogens with zero attached hydrogens (tertiary/aromatic N) is 4. The van der Waals surface area contributed by atoms with Crippen molar-refractivity contribution in [2.45, 2.75) is 26.3 Å². The minimum Gasteiger partial charge on any atom is -0.398 e. The summed E-state index contributed by atoms with van der Waals surface area (Å²) in [5, 5.41) is 11.6. The Bertz CT molecular complexity index is 588. The van der Waals surface area contributed by atoms with Crippen molar-refractivity contribution in [1.82, 2.24) is 20.2 Å². The largest absolute Gasteiger partial charge is 0.398 e. The van der Waals surface area contributed by atoms with Crippen LogP contribution in [-0.4, -0.2) is 20.2 Å². The van der Waals surface area contributed by atoms with Gasteiger partial charge in [-0.15, -0.1) is 5.10 Å². The average Bonchev–Trinajstić information content (AvgIpc) is 2.88. The molecule has 2 N–H and O–H groups in total. The van der Waals surface area contributed by atoms with Crippen LogP contribution in [0.25, 0.3) is 11.4 Å². The lowest BCUT2D eigenvalue weighted by atomic mass is 10.1. The molecule has 1 saturated carbocycles. The summed E-state index contributed by atoms with van der Waals surface area (Å²) >= 11 is 0. The summed E-state index contributed by atoms with van der Waals surface area (Å²) in [6.07, 6.45) is 2.34. The monoisotopic (exact) mass is 247 g/mol. The van der Waals surface area contributed by atoms with Crippen LogP contribution in [0.3, 0.4) is 0 Å². The van der Waals surface area contributed by atoms with E-state index in [-0.39, 0.29) is 11.2 Å². The maximum atomic E-state index is 13.3. The first-order chi connectivity index (χ1) is 8.57. The number of tetrazole rings is 1. The van der Waals surface area contributed by atoms with Crippen molar-refractivity contribution >= 4 is 5.69 Å². The maximum Gasteiger partial charge on any atom is 0.184 e. The minimum absolute atomic E-state index is 0.270. The van der Waals surface area contributed by atoms with Crippen LogP contribution in [0.5, 0.6) is 0 Å². The van der Waals surface area contributed by atoms with E-state index in [4.69, 9.17) is 5.73 Å². The number of nitrogen functional groups attached to an aromatic ring is 1. The molecule has 0 saturated heterocycles. The molecule has 0 aliphatic heterocycles. The van der Waals surface area contributed by atoms with Crippen molar-refractivity contribution in [3.05, 3.63) is 24.0 Å². The van der Waals surface area contributed by atoms with Gasteiger partial charge in [0, 0.05) is 11.3 Å². The third kappa shape index (κ3) is 1.94. The molecule has 94 valence electrons. The van der Waals surface area contributed by atoms with Gasteiger partial charge >= 0.3 is 0 Å². The zero-order chi connectivity index (χ0) is 12.8. The second kappa shape index (κ2) is 3.76. The third-order valence-electron chi connectivity index (χ3n) is 3.42. The first-order valence-corrected chi connectivity index (χ1v) is 5.89. The van der Waals surface area contributed by atoms with E-state index in [1.807, 2.05) is 0 Å². The quantitative estimate of drug-likeness (QED) is 0.840. The summed E-state index contributed by atoms with van der Waals surface area (Å²) in [4.78, 5) is 0. The highest BCUT2D eigenvalue weighted by molar-refractivity contribution is 5.71. The Labute approximate surface area is 104 Å². The highest BCUT2D eigenvalue weighted by atomic mass is 19.1. The predicted molar refractivity (Wildman–Crippen MR) is 65.0 cm³/mol. The third-order valence-corrected chi connectivity index (χ3v) is 3.42. The van der Waals surface area contributed by atoms with Crippen LogP contribution >= 0.6 is 0 Å². The van der Waals surface area contributed by atoms with Crippen LogP contribution in [0.15, 0.2) is 18.2 Å². The van der Waals surface area contributed by atoms with Gasteiger partial charge in [0.1, 0.15) is 5.82 Å². The summed E-state index contributed by atoms with van der Waals surface area (Å²) in [5.74, 6) is 0.187. The highest BCUT2D eigenvalue weighted by Gasteiger charge is 2.38. The summed E-state index contributed by atoms with van der Waals surface area (Å²) in [6.45, 7) is 2.93. The smallest absolute Gasteiger partial charge is 0.184 e. The fraction of sp³-hybridized carbons (Fsp3) is 0.417. The van der Waals surface area contributed by atoms with Crippen LogP contribution in [0, 0.1) is 11.2 Å². The molecule has 18 heavy (non-hydrogen) atoms. The van der Waals surface area contributed by atoms with E-state index in [9.17, 15) is 4.39 Å². The molecule has 6 heteroatoms. The van der Waals surface area contributed by atoms with Gasteiger partial charge in [-0.3, -0.25) is 0 Å². The number of rotatable bonds is 3. The fourth-order valence-electron chi connectivity index (χ4n) is 1.96. The zero-order valence-corrected chi connectivity index (χ0v) is 10.1. The molecule has 5 nitrogen and oxygen atoms in total. The van der Waals surface area contributed by atoms with E-state index in [1.54, 1.807) is 4.68 Å². The Morgan fingerprint density at radius 2 is 2.22 bits per heavy atom. The maximum absolute atomic E-state index is 13.3. The standard InChI is InChI=1S/C12H14FN5/c1-12(4-5-12)7-18-11(15-16-17-18)9-6-8(13)2-3-10(9)14/h2-3,6H,4-5,7,14H2,1H3. The molecule has 3 rings (SSSR count).